The van der Waals surface area contributed by atoms with Gasteiger partial charge in [0.05, 0.1) is 7.11 Å². The van der Waals surface area contributed by atoms with Gasteiger partial charge in [0.15, 0.2) is 5.78 Å². The SMILES string of the molecule is COC(=O)C[C@@H](C)[C@H]1CC[C@H]2[C@@H]3C=CC4=CC(=O)CC[C@]4(C)[C@H]3CC[C@]12C. The van der Waals surface area contributed by atoms with Crippen molar-refractivity contribution in [2.24, 2.45) is 40.4 Å². The Morgan fingerprint density at radius 1 is 1.22 bits per heavy atom. The van der Waals surface area contributed by atoms with Crippen LogP contribution in [-0.2, 0) is 14.3 Å². The second kappa shape index (κ2) is 6.60. The zero-order chi connectivity index (χ0) is 19.4. The van der Waals surface area contributed by atoms with E-state index in [9.17, 15) is 9.59 Å². The maximum absolute atomic E-state index is 11.9. The predicted molar refractivity (Wildman–Crippen MR) is 106 cm³/mol. The normalized spacial score (nSPS) is 44.0. The van der Waals surface area contributed by atoms with Crippen molar-refractivity contribution >= 4 is 11.8 Å². The Bertz CT molecular complexity index is 704. The van der Waals surface area contributed by atoms with Crippen LogP contribution in [0.15, 0.2) is 23.8 Å². The van der Waals surface area contributed by atoms with Gasteiger partial charge in [-0.05, 0) is 84.2 Å². The van der Waals surface area contributed by atoms with Gasteiger partial charge in [0.1, 0.15) is 0 Å². The molecule has 27 heavy (non-hydrogen) atoms. The third kappa shape index (κ3) is 2.84. The molecule has 0 radical (unpaired) electrons. The van der Waals surface area contributed by atoms with Crippen LogP contribution in [0.4, 0.5) is 0 Å². The molecule has 0 N–H and O–H groups in total. The van der Waals surface area contributed by atoms with E-state index < -0.39 is 0 Å². The standard InChI is InChI=1S/C24H34O3/c1-15(13-22(26)27-4)19-7-8-20-18-6-5-16-14-17(25)9-11-23(16,2)21(18)10-12-24(19,20)3/h5-6,14-15,18-21H,7-13H2,1-4H3/t15-,18+,19-,20+,21+,23+,24-/m1/s1. The summed E-state index contributed by atoms with van der Waals surface area (Å²) >= 11 is 0. The van der Waals surface area contributed by atoms with Crippen molar-refractivity contribution in [2.75, 3.05) is 7.11 Å². The highest BCUT2D eigenvalue weighted by Gasteiger charge is 2.58. The van der Waals surface area contributed by atoms with E-state index in [0.717, 1.165) is 6.42 Å². The molecule has 0 aromatic heterocycles. The molecule has 0 unspecified atom stereocenters. The number of ether oxygens (including phenoxy) is 1. The quantitative estimate of drug-likeness (QED) is 0.648. The molecule has 4 aliphatic rings. The van der Waals surface area contributed by atoms with Gasteiger partial charge < -0.3 is 4.74 Å². The predicted octanol–water partition coefficient (Wildman–Crippen LogP) is 5.11. The van der Waals surface area contributed by atoms with Gasteiger partial charge in [0.2, 0.25) is 0 Å². The first-order valence-electron chi connectivity index (χ1n) is 10.8. The van der Waals surface area contributed by atoms with E-state index >= 15 is 0 Å². The molecule has 0 heterocycles. The van der Waals surface area contributed by atoms with Crippen molar-refractivity contribution in [3.63, 3.8) is 0 Å². The molecule has 2 fully saturated rings. The smallest absolute Gasteiger partial charge is 0.305 e. The van der Waals surface area contributed by atoms with Crippen LogP contribution < -0.4 is 0 Å². The van der Waals surface area contributed by atoms with Crippen molar-refractivity contribution in [1.29, 1.82) is 0 Å². The lowest BCUT2D eigenvalue weighted by atomic mass is 9.48. The summed E-state index contributed by atoms with van der Waals surface area (Å²) in [5, 5.41) is 0. The van der Waals surface area contributed by atoms with Gasteiger partial charge in [-0.1, -0.05) is 32.9 Å². The summed E-state index contributed by atoms with van der Waals surface area (Å²) in [6.07, 6.45) is 13.9. The monoisotopic (exact) mass is 370 g/mol. The molecule has 0 amide bonds. The largest absolute Gasteiger partial charge is 0.469 e. The lowest BCUT2D eigenvalue weighted by molar-refractivity contribution is -0.142. The highest BCUT2D eigenvalue weighted by molar-refractivity contribution is 5.92. The summed E-state index contributed by atoms with van der Waals surface area (Å²) in [6, 6.07) is 0. The molecule has 0 saturated heterocycles. The summed E-state index contributed by atoms with van der Waals surface area (Å²) in [7, 11) is 1.49. The summed E-state index contributed by atoms with van der Waals surface area (Å²) < 4.78 is 4.93. The number of ketones is 1. The summed E-state index contributed by atoms with van der Waals surface area (Å²) in [4.78, 5) is 23.8. The zero-order valence-corrected chi connectivity index (χ0v) is 17.3. The third-order valence-electron chi connectivity index (χ3n) is 8.99. The van der Waals surface area contributed by atoms with Gasteiger partial charge in [-0.3, -0.25) is 9.59 Å². The van der Waals surface area contributed by atoms with Crippen LogP contribution in [0.3, 0.4) is 0 Å². The number of carbonyl (C=O) groups excluding carboxylic acids is 2. The first-order valence-corrected chi connectivity index (χ1v) is 10.8. The number of hydrogen-bond acceptors (Lipinski definition) is 3. The zero-order valence-electron chi connectivity index (χ0n) is 17.3. The fourth-order valence-electron chi connectivity index (χ4n) is 7.46. The van der Waals surface area contributed by atoms with Crippen molar-refractivity contribution in [2.45, 2.75) is 65.7 Å². The second-order valence-electron chi connectivity index (χ2n) is 10.1. The molecule has 7 atom stereocenters. The van der Waals surface area contributed by atoms with Gasteiger partial charge in [0.25, 0.3) is 0 Å². The molecular formula is C24H34O3. The first-order chi connectivity index (χ1) is 12.8. The Kier molecular flexibility index (Phi) is 4.63. The lowest BCUT2D eigenvalue weighted by Gasteiger charge is -2.56. The van der Waals surface area contributed by atoms with Gasteiger partial charge >= 0.3 is 5.97 Å². The van der Waals surface area contributed by atoms with E-state index in [1.807, 2.05) is 6.08 Å². The third-order valence-corrected chi connectivity index (χ3v) is 8.99. The van der Waals surface area contributed by atoms with Gasteiger partial charge in [0, 0.05) is 12.8 Å². The van der Waals surface area contributed by atoms with Gasteiger partial charge in [-0.25, -0.2) is 0 Å². The lowest BCUT2D eigenvalue weighted by Crippen LogP contribution is -2.49. The van der Waals surface area contributed by atoms with E-state index in [2.05, 4.69) is 32.9 Å². The summed E-state index contributed by atoms with van der Waals surface area (Å²) in [6.45, 7) is 7.14. The van der Waals surface area contributed by atoms with Gasteiger partial charge in [-0.2, -0.15) is 0 Å². The van der Waals surface area contributed by atoms with Crippen molar-refractivity contribution in [1.82, 2.24) is 0 Å². The van der Waals surface area contributed by atoms with Crippen LogP contribution in [0.25, 0.3) is 0 Å². The molecule has 0 aliphatic heterocycles. The fraction of sp³-hybridized carbons (Fsp3) is 0.750. The number of hydrogen-bond donors (Lipinski definition) is 0. The number of carbonyl (C=O) groups is 2. The summed E-state index contributed by atoms with van der Waals surface area (Å²) in [5.41, 5.74) is 1.77. The van der Waals surface area contributed by atoms with Gasteiger partial charge in [-0.15, -0.1) is 0 Å². The van der Waals surface area contributed by atoms with E-state index in [4.69, 9.17) is 4.74 Å². The second-order valence-corrected chi connectivity index (χ2v) is 10.1. The van der Waals surface area contributed by atoms with Crippen molar-refractivity contribution in [3.8, 4) is 0 Å². The Labute approximate surface area is 163 Å². The maximum Gasteiger partial charge on any atom is 0.305 e. The first kappa shape index (κ1) is 19.0. The number of allylic oxidation sites excluding steroid dienone is 4. The Balaban J connectivity index is 1.60. The van der Waals surface area contributed by atoms with Crippen LogP contribution in [0.2, 0.25) is 0 Å². The number of rotatable bonds is 3. The average molecular weight is 371 g/mol. The van der Waals surface area contributed by atoms with Crippen LogP contribution >= 0.6 is 0 Å². The molecule has 2 saturated carbocycles. The van der Waals surface area contributed by atoms with E-state index in [-0.39, 0.29) is 11.4 Å². The molecule has 3 heteroatoms. The fourth-order valence-corrected chi connectivity index (χ4v) is 7.46. The van der Waals surface area contributed by atoms with Crippen LogP contribution in [0.5, 0.6) is 0 Å². The molecular weight excluding hydrogens is 336 g/mol. The molecule has 0 aromatic rings. The highest BCUT2D eigenvalue weighted by atomic mass is 16.5. The molecule has 148 valence electrons. The minimum absolute atomic E-state index is 0.0741. The number of methoxy groups -OCH3 is 1. The molecule has 3 nitrogen and oxygen atoms in total. The number of fused-ring (bicyclic) bond motifs is 5. The van der Waals surface area contributed by atoms with E-state index in [1.165, 1.54) is 38.4 Å². The molecule has 4 aliphatic carbocycles. The number of esters is 1. The topological polar surface area (TPSA) is 43.4 Å². The minimum Gasteiger partial charge on any atom is -0.469 e. The molecule has 4 rings (SSSR count). The summed E-state index contributed by atoms with van der Waals surface area (Å²) in [5.74, 6) is 3.19. The van der Waals surface area contributed by atoms with Crippen LogP contribution in [-0.4, -0.2) is 18.9 Å². The van der Waals surface area contributed by atoms with Crippen LogP contribution in [0, 0.1) is 40.4 Å². The van der Waals surface area contributed by atoms with E-state index in [0.29, 0.717) is 53.6 Å². The van der Waals surface area contributed by atoms with E-state index in [1.54, 1.807) is 0 Å². The minimum atomic E-state index is -0.0741. The van der Waals surface area contributed by atoms with Crippen LogP contribution in [0.1, 0.15) is 65.7 Å². The molecule has 0 spiro atoms. The Morgan fingerprint density at radius 2 is 2.00 bits per heavy atom. The van der Waals surface area contributed by atoms with Crippen molar-refractivity contribution < 1.29 is 14.3 Å². The average Bonchev–Trinajstić information content (AvgIpc) is 2.99. The Hall–Kier alpha value is -1.38. The Morgan fingerprint density at radius 3 is 2.74 bits per heavy atom. The maximum atomic E-state index is 11.9. The highest BCUT2D eigenvalue weighted by Crippen LogP contribution is 2.66. The molecule has 0 aromatic carbocycles. The van der Waals surface area contributed by atoms with Crippen molar-refractivity contribution in [3.05, 3.63) is 23.8 Å². The molecule has 0 bridgehead atoms.